The van der Waals surface area contributed by atoms with Crippen molar-refractivity contribution in [1.82, 2.24) is 10.3 Å². The Kier molecular flexibility index (Phi) is 4.25. The minimum absolute atomic E-state index is 0.525. The highest BCUT2D eigenvalue weighted by Gasteiger charge is 2.21. The van der Waals surface area contributed by atoms with Gasteiger partial charge in [0, 0.05) is 18.3 Å². The fraction of sp³-hybridized carbons (Fsp3) is 0.706. The normalized spacial score (nSPS) is 19.4. The molecule has 0 bridgehead atoms. The van der Waals surface area contributed by atoms with Crippen LogP contribution in [0, 0.1) is 5.92 Å². The zero-order valence-electron chi connectivity index (χ0n) is 12.9. The molecule has 1 saturated heterocycles. The molecular formula is C17H27N3. The molecule has 0 saturated carbocycles. The van der Waals surface area contributed by atoms with E-state index in [1.165, 1.54) is 62.3 Å². The summed E-state index contributed by atoms with van der Waals surface area (Å²) in [6, 6.07) is 5.07. The monoisotopic (exact) mass is 273 g/mol. The van der Waals surface area contributed by atoms with Gasteiger partial charge in [0.05, 0.1) is 0 Å². The molecule has 0 unspecified atom stereocenters. The van der Waals surface area contributed by atoms with Crippen LogP contribution in [0.1, 0.15) is 44.4 Å². The Bertz CT molecular complexity index is 450. The van der Waals surface area contributed by atoms with Crippen LogP contribution in [-0.2, 0) is 12.8 Å². The second-order valence-corrected chi connectivity index (χ2v) is 6.57. The minimum atomic E-state index is 0.525. The van der Waals surface area contributed by atoms with Crippen molar-refractivity contribution in [3.05, 3.63) is 23.4 Å². The van der Waals surface area contributed by atoms with Crippen molar-refractivity contribution in [2.45, 2.75) is 52.0 Å². The number of aryl methyl sites for hydroxylation is 2. The predicted molar refractivity (Wildman–Crippen MR) is 84.3 cm³/mol. The third-order valence-corrected chi connectivity index (χ3v) is 4.74. The number of aromatic nitrogens is 1. The van der Waals surface area contributed by atoms with Gasteiger partial charge < -0.3 is 10.2 Å². The van der Waals surface area contributed by atoms with Gasteiger partial charge in [0.1, 0.15) is 5.82 Å². The standard InChI is InChI=1S/C17H27N3/c1-13(2)20(12-14-8-10-18-11-9-14)17-7-6-15-4-3-5-16(15)19-17/h6-7,13-14,18H,3-5,8-12H2,1-2H3. The lowest BCUT2D eigenvalue weighted by molar-refractivity contribution is 0.367. The van der Waals surface area contributed by atoms with Gasteiger partial charge in [0.15, 0.2) is 0 Å². The van der Waals surface area contributed by atoms with Crippen molar-refractivity contribution in [2.75, 3.05) is 24.5 Å². The van der Waals surface area contributed by atoms with Gasteiger partial charge in [-0.1, -0.05) is 6.07 Å². The Morgan fingerprint density at radius 1 is 1.25 bits per heavy atom. The molecule has 3 rings (SSSR count). The highest BCUT2D eigenvalue weighted by molar-refractivity contribution is 5.44. The number of fused-ring (bicyclic) bond motifs is 1. The van der Waals surface area contributed by atoms with Crippen LogP contribution in [-0.4, -0.2) is 30.7 Å². The third-order valence-electron chi connectivity index (χ3n) is 4.74. The molecule has 20 heavy (non-hydrogen) atoms. The van der Waals surface area contributed by atoms with E-state index in [-0.39, 0.29) is 0 Å². The number of pyridine rings is 1. The summed E-state index contributed by atoms with van der Waals surface area (Å²) in [6.45, 7) is 8.08. The van der Waals surface area contributed by atoms with Crippen molar-refractivity contribution in [3.8, 4) is 0 Å². The molecule has 1 aromatic rings. The predicted octanol–water partition coefficient (Wildman–Crippen LogP) is 2.78. The molecule has 0 radical (unpaired) electrons. The molecule has 1 aromatic heterocycles. The van der Waals surface area contributed by atoms with Crippen molar-refractivity contribution >= 4 is 5.82 Å². The Labute approximate surface area is 122 Å². The number of nitrogens with zero attached hydrogens (tertiary/aromatic N) is 2. The van der Waals surface area contributed by atoms with E-state index < -0.39 is 0 Å². The molecule has 1 fully saturated rings. The number of nitrogens with one attached hydrogen (secondary N) is 1. The van der Waals surface area contributed by atoms with Crippen LogP contribution in [0.3, 0.4) is 0 Å². The number of hydrogen-bond donors (Lipinski definition) is 1. The van der Waals surface area contributed by atoms with Crippen LogP contribution < -0.4 is 10.2 Å². The summed E-state index contributed by atoms with van der Waals surface area (Å²) >= 11 is 0. The van der Waals surface area contributed by atoms with Gasteiger partial charge in [0.25, 0.3) is 0 Å². The number of hydrogen-bond acceptors (Lipinski definition) is 3. The van der Waals surface area contributed by atoms with E-state index in [1.54, 1.807) is 0 Å². The average Bonchev–Trinajstić information content (AvgIpc) is 2.93. The van der Waals surface area contributed by atoms with Crippen molar-refractivity contribution in [3.63, 3.8) is 0 Å². The average molecular weight is 273 g/mol. The summed E-state index contributed by atoms with van der Waals surface area (Å²) in [7, 11) is 0. The molecule has 0 spiro atoms. The lowest BCUT2D eigenvalue weighted by Gasteiger charge is -2.34. The zero-order chi connectivity index (χ0) is 13.9. The van der Waals surface area contributed by atoms with E-state index in [0.717, 1.165) is 12.5 Å². The van der Waals surface area contributed by atoms with Gasteiger partial charge in [-0.25, -0.2) is 4.98 Å². The topological polar surface area (TPSA) is 28.2 Å². The maximum Gasteiger partial charge on any atom is 0.129 e. The largest absolute Gasteiger partial charge is 0.354 e. The quantitative estimate of drug-likeness (QED) is 0.914. The second kappa shape index (κ2) is 6.13. The molecule has 3 nitrogen and oxygen atoms in total. The van der Waals surface area contributed by atoms with Crippen LogP contribution in [0.5, 0.6) is 0 Å². The van der Waals surface area contributed by atoms with Gasteiger partial charge in [0.2, 0.25) is 0 Å². The molecule has 1 aliphatic carbocycles. The Morgan fingerprint density at radius 3 is 2.80 bits per heavy atom. The lowest BCUT2D eigenvalue weighted by Crippen LogP contribution is -2.40. The van der Waals surface area contributed by atoms with Gasteiger partial charge >= 0.3 is 0 Å². The zero-order valence-corrected chi connectivity index (χ0v) is 12.9. The molecule has 3 heteroatoms. The van der Waals surface area contributed by atoms with Crippen LogP contribution in [0.2, 0.25) is 0 Å². The number of anilines is 1. The summed E-state index contributed by atoms with van der Waals surface area (Å²) < 4.78 is 0. The Hall–Kier alpha value is -1.09. The summed E-state index contributed by atoms with van der Waals surface area (Å²) in [5.74, 6) is 2.01. The summed E-state index contributed by atoms with van der Waals surface area (Å²) in [4.78, 5) is 7.46. The van der Waals surface area contributed by atoms with Crippen molar-refractivity contribution in [2.24, 2.45) is 5.92 Å². The first-order chi connectivity index (χ1) is 9.74. The number of piperidine rings is 1. The molecule has 110 valence electrons. The van der Waals surface area contributed by atoms with Crippen molar-refractivity contribution in [1.29, 1.82) is 0 Å². The van der Waals surface area contributed by atoms with Gasteiger partial charge in [-0.2, -0.15) is 0 Å². The Balaban J connectivity index is 1.75. The first-order valence-electron chi connectivity index (χ1n) is 8.20. The molecule has 2 heterocycles. The van der Waals surface area contributed by atoms with Crippen molar-refractivity contribution < 1.29 is 0 Å². The maximum atomic E-state index is 4.95. The molecule has 0 aromatic carbocycles. The van der Waals surface area contributed by atoms with E-state index in [2.05, 4.69) is 36.2 Å². The molecular weight excluding hydrogens is 246 g/mol. The first-order valence-corrected chi connectivity index (χ1v) is 8.20. The lowest BCUT2D eigenvalue weighted by atomic mass is 9.97. The molecule has 0 atom stereocenters. The molecule has 0 amide bonds. The first kappa shape index (κ1) is 13.9. The van der Waals surface area contributed by atoms with Crippen LogP contribution in [0.25, 0.3) is 0 Å². The number of rotatable bonds is 4. The highest BCUT2D eigenvalue weighted by atomic mass is 15.2. The fourth-order valence-electron chi connectivity index (χ4n) is 3.48. The smallest absolute Gasteiger partial charge is 0.129 e. The summed E-state index contributed by atoms with van der Waals surface area (Å²) in [5.41, 5.74) is 2.82. The second-order valence-electron chi connectivity index (χ2n) is 6.57. The van der Waals surface area contributed by atoms with E-state index >= 15 is 0 Å². The molecule has 1 N–H and O–H groups in total. The Morgan fingerprint density at radius 2 is 2.05 bits per heavy atom. The van der Waals surface area contributed by atoms with Gasteiger partial charge in [-0.05, 0) is 76.6 Å². The van der Waals surface area contributed by atoms with E-state index in [1.807, 2.05) is 0 Å². The maximum absolute atomic E-state index is 4.95. The molecule has 2 aliphatic rings. The fourth-order valence-corrected chi connectivity index (χ4v) is 3.48. The third kappa shape index (κ3) is 2.98. The van der Waals surface area contributed by atoms with Crippen LogP contribution >= 0.6 is 0 Å². The van der Waals surface area contributed by atoms with E-state index in [4.69, 9.17) is 4.98 Å². The highest BCUT2D eigenvalue weighted by Crippen LogP contribution is 2.26. The van der Waals surface area contributed by atoms with E-state index in [9.17, 15) is 0 Å². The van der Waals surface area contributed by atoms with Gasteiger partial charge in [-0.15, -0.1) is 0 Å². The van der Waals surface area contributed by atoms with Gasteiger partial charge in [-0.3, -0.25) is 0 Å². The summed E-state index contributed by atoms with van der Waals surface area (Å²) in [6.07, 6.45) is 6.27. The summed E-state index contributed by atoms with van der Waals surface area (Å²) in [5, 5.41) is 3.46. The SMILES string of the molecule is CC(C)N(CC1CCNCC1)c1ccc2c(n1)CCC2. The van der Waals surface area contributed by atoms with Crippen LogP contribution in [0.15, 0.2) is 12.1 Å². The van der Waals surface area contributed by atoms with E-state index in [0.29, 0.717) is 6.04 Å². The van der Waals surface area contributed by atoms with Crippen LogP contribution in [0.4, 0.5) is 5.82 Å². The molecule has 1 aliphatic heterocycles. The minimum Gasteiger partial charge on any atom is -0.354 e.